The van der Waals surface area contributed by atoms with Gasteiger partial charge < -0.3 is 0 Å². The van der Waals surface area contributed by atoms with E-state index < -0.39 is 7.26 Å². The summed E-state index contributed by atoms with van der Waals surface area (Å²) < 4.78 is 3.13. The van der Waals surface area contributed by atoms with E-state index >= 15 is 0 Å². The van der Waals surface area contributed by atoms with Crippen LogP contribution in [0.5, 0.6) is 0 Å². The van der Waals surface area contributed by atoms with E-state index in [9.17, 15) is 0 Å². The topological polar surface area (TPSA) is 12.0 Å². The normalized spacial score (nSPS) is 12.0. The van der Waals surface area contributed by atoms with Crippen molar-refractivity contribution in [1.82, 2.24) is 4.34 Å². The number of hydrogen-bond donors (Lipinski definition) is 1. The van der Waals surface area contributed by atoms with E-state index in [0.29, 0.717) is 0 Å². The zero-order valence-electron chi connectivity index (χ0n) is 13.7. The second kappa shape index (κ2) is 8.58. The molecule has 0 atom stereocenters. The van der Waals surface area contributed by atoms with Crippen molar-refractivity contribution in [2.75, 3.05) is 12.7 Å². The first-order valence-corrected chi connectivity index (χ1v) is 11.4. The van der Waals surface area contributed by atoms with Crippen LogP contribution >= 0.6 is 23.4 Å². The summed E-state index contributed by atoms with van der Waals surface area (Å²) in [6, 6.07) is 33.2. The monoisotopic (exact) mass is 399 g/mol. The second-order valence-electron chi connectivity index (χ2n) is 5.99. The molecule has 1 nitrogen and oxygen atoms in total. The Bertz CT molecular complexity index is 635. The fraction of sp³-hybridized carbons (Fsp3) is 0.143. The van der Waals surface area contributed by atoms with Crippen molar-refractivity contribution in [2.24, 2.45) is 0 Å². The molecule has 0 aliphatic heterocycles. The van der Waals surface area contributed by atoms with Crippen LogP contribution in [0.1, 0.15) is 6.42 Å². The molecule has 124 valence electrons. The molecule has 0 aromatic heterocycles. The summed E-state index contributed by atoms with van der Waals surface area (Å²) in [4.78, 5) is 0. The first-order chi connectivity index (χ1) is 11.9. The minimum absolute atomic E-state index is 0.973. The molecule has 3 rings (SSSR count). The molecule has 3 heteroatoms. The Kier molecular flexibility index (Phi) is 6.20. The summed E-state index contributed by atoms with van der Waals surface area (Å²) in [5.41, 5.74) is 0. The number of rotatable bonds is 7. The van der Waals surface area contributed by atoms with Gasteiger partial charge in [0.25, 0.3) is 0 Å². The summed E-state index contributed by atoms with van der Waals surface area (Å²) in [5.74, 6) is 0. The predicted octanol–water partition coefficient (Wildman–Crippen LogP) is 4.00. The zero-order valence-corrected chi connectivity index (χ0v) is 16.2. The third kappa shape index (κ3) is 3.62. The minimum atomic E-state index is -2.02. The molecule has 0 amide bonds. The van der Waals surface area contributed by atoms with E-state index in [1.165, 1.54) is 22.1 Å². The molecule has 0 unspecified atom stereocenters. The molecule has 0 bridgehead atoms. The predicted molar refractivity (Wildman–Crippen MR) is 113 cm³/mol. The first-order valence-electron chi connectivity index (χ1n) is 8.38. The van der Waals surface area contributed by atoms with Gasteiger partial charge in [0.2, 0.25) is 0 Å². The Labute approximate surface area is 153 Å². The summed E-state index contributed by atoms with van der Waals surface area (Å²) in [7, 11) is -2.02. The molecule has 3 aromatic carbocycles. The van der Waals surface area contributed by atoms with Gasteiger partial charge in [-0.2, -0.15) is 0 Å². The Morgan fingerprint density at radius 2 is 1.00 bits per heavy atom. The number of nitrogens with one attached hydrogen (secondary N) is 1. The third-order valence-corrected chi connectivity index (χ3v) is 10.1. The van der Waals surface area contributed by atoms with Gasteiger partial charge in [0.15, 0.2) is 0 Å². The third-order valence-electron chi connectivity index (χ3n) is 4.62. The summed E-state index contributed by atoms with van der Waals surface area (Å²) in [6.07, 6.45) is 2.32. The maximum absolute atomic E-state index is 3.35. The molecule has 0 heterocycles. The molecule has 0 aliphatic carbocycles. The van der Waals surface area contributed by atoms with Crippen LogP contribution in [0.25, 0.3) is 0 Å². The van der Waals surface area contributed by atoms with Gasteiger partial charge in [0, 0.05) is 0 Å². The molecule has 0 saturated carbocycles. The molecule has 0 fully saturated rings. The van der Waals surface area contributed by atoms with Gasteiger partial charge in [-0.15, -0.1) is 0 Å². The SMILES string of the molecule is BrNCCC[PH](c1ccccc1)(c1ccccc1)c1ccccc1. The van der Waals surface area contributed by atoms with Gasteiger partial charge in [-0.3, -0.25) is 0 Å². The van der Waals surface area contributed by atoms with Crippen LogP contribution in [-0.2, 0) is 0 Å². The van der Waals surface area contributed by atoms with E-state index in [1.807, 2.05) is 0 Å². The van der Waals surface area contributed by atoms with E-state index in [0.717, 1.165) is 13.0 Å². The van der Waals surface area contributed by atoms with E-state index in [1.54, 1.807) is 0 Å². The molecule has 0 radical (unpaired) electrons. The van der Waals surface area contributed by atoms with Crippen LogP contribution in [0.2, 0.25) is 0 Å². The van der Waals surface area contributed by atoms with Crippen LogP contribution < -0.4 is 20.3 Å². The average Bonchev–Trinajstić information content (AvgIpc) is 2.68. The van der Waals surface area contributed by atoms with Crippen molar-refractivity contribution in [3.05, 3.63) is 91.0 Å². The van der Waals surface area contributed by atoms with Gasteiger partial charge in [0.1, 0.15) is 0 Å². The zero-order chi connectivity index (χ0) is 16.7. The molecule has 1 N–H and O–H groups in total. The molecular weight excluding hydrogens is 377 g/mol. The number of benzene rings is 3. The molecule has 0 spiro atoms. The average molecular weight is 400 g/mol. The van der Waals surface area contributed by atoms with Crippen LogP contribution in [0.15, 0.2) is 91.0 Å². The molecule has 0 aliphatic rings. The van der Waals surface area contributed by atoms with Gasteiger partial charge in [0.05, 0.1) is 0 Å². The first kappa shape index (κ1) is 17.4. The van der Waals surface area contributed by atoms with Crippen LogP contribution in [0.4, 0.5) is 0 Å². The van der Waals surface area contributed by atoms with Crippen molar-refractivity contribution in [3.63, 3.8) is 0 Å². The quantitative estimate of drug-likeness (QED) is 0.359. The van der Waals surface area contributed by atoms with E-state index in [2.05, 4.69) is 111 Å². The van der Waals surface area contributed by atoms with Crippen molar-refractivity contribution < 1.29 is 0 Å². The Hall–Kier alpha value is -1.47. The summed E-state index contributed by atoms with van der Waals surface area (Å²) in [5, 5.41) is 4.45. The Morgan fingerprint density at radius 1 is 0.625 bits per heavy atom. The summed E-state index contributed by atoms with van der Waals surface area (Å²) >= 11 is 3.35. The van der Waals surface area contributed by atoms with Crippen LogP contribution in [0, 0.1) is 0 Å². The summed E-state index contributed by atoms with van der Waals surface area (Å²) in [6.45, 7) is 0.973. The van der Waals surface area contributed by atoms with Gasteiger partial charge >= 0.3 is 154 Å². The van der Waals surface area contributed by atoms with Crippen LogP contribution in [-0.4, -0.2) is 12.7 Å². The van der Waals surface area contributed by atoms with Gasteiger partial charge in [-0.25, -0.2) is 0 Å². The van der Waals surface area contributed by atoms with E-state index in [4.69, 9.17) is 0 Å². The van der Waals surface area contributed by atoms with Crippen molar-refractivity contribution in [3.8, 4) is 0 Å². The number of hydrogen-bond acceptors (Lipinski definition) is 1. The van der Waals surface area contributed by atoms with Crippen molar-refractivity contribution in [2.45, 2.75) is 6.42 Å². The Balaban J connectivity index is 2.20. The molecule has 0 saturated heterocycles. The van der Waals surface area contributed by atoms with Gasteiger partial charge in [-0.05, 0) is 0 Å². The second-order valence-corrected chi connectivity index (χ2v) is 10.6. The fourth-order valence-corrected chi connectivity index (χ4v) is 8.66. The van der Waals surface area contributed by atoms with Crippen LogP contribution in [0.3, 0.4) is 0 Å². The molecule has 3 aromatic rings. The standard InChI is InChI=1S/C21H23BrNP/c22-23-17-10-18-24(19-11-4-1-5-12-19,20-13-6-2-7-14-20)21-15-8-3-9-16-21/h1-9,11-16,23-24H,10,17-18H2. The van der Waals surface area contributed by atoms with E-state index in [-0.39, 0.29) is 0 Å². The molecular formula is C21H23BrNP. The fourth-order valence-electron chi connectivity index (χ4n) is 3.52. The van der Waals surface area contributed by atoms with Gasteiger partial charge in [-0.1, -0.05) is 0 Å². The Morgan fingerprint density at radius 3 is 1.33 bits per heavy atom. The maximum atomic E-state index is 3.35. The van der Waals surface area contributed by atoms with Crippen molar-refractivity contribution >= 4 is 39.3 Å². The van der Waals surface area contributed by atoms with Crippen molar-refractivity contribution in [1.29, 1.82) is 0 Å². The molecule has 24 heavy (non-hydrogen) atoms. The number of halogens is 1.